The van der Waals surface area contributed by atoms with E-state index in [-0.39, 0.29) is 35.8 Å². The molecule has 2 aromatic carbocycles. The molecule has 3 rings (SSSR count). The Labute approximate surface area is 157 Å². The predicted octanol–water partition coefficient (Wildman–Crippen LogP) is 2.54. The average molecular weight is 399 g/mol. The van der Waals surface area contributed by atoms with E-state index in [9.17, 15) is 27.9 Å². The molecule has 1 heterocycles. The standard InChI is InChI=1S/C18H14ClF3N2O3/c19-12-3-1-2-10(15(12)22)9-23-16(25)18(27)6-7-24(17(18)26)14-5-4-11(20)8-13(14)21/h1-5,8,27H,6-7,9H2,(H,23,25)/t18-/m1/s1. The van der Waals surface area contributed by atoms with Gasteiger partial charge < -0.3 is 15.3 Å². The van der Waals surface area contributed by atoms with E-state index in [1.54, 1.807) is 0 Å². The smallest absolute Gasteiger partial charge is 0.268 e. The van der Waals surface area contributed by atoms with Crippen molar-refractivity contribution in [1.82, 2.24) is 5.32 Å². The second-order valence-electron chi connectivity index (χ2n) is 6.06. The molecular formula is C18H14ClF3N2O3. The van der Waals surface area contributed by atoms with Gasteiger partial charge in [0.05, 0.1) is 10.7 Å². The van der Waals surface area contributed by atoms with Crippen LogP contribution in [0.15, 0.2) is 36.4 Å². The second kappa shape index (κ2) is 7.21. The lowest BCUT2D eigenvalue weighted by molar-refractivity contribution is -0.149. The van der Waals surface area contributed by atoms with Crippen molar-refractivity contribution < 1.29 is 27.9 Å². The minimum Gasteiger partial charge on any atom is -0.372 e. The van der Waals surface area contributed by atoms with Gasteiger partial charge in [0.2, 0.25) is 5.60 Å². The van der Waals surface area contributed by atoms with Crippen LogP contribution in [0.2, 0.25) is 5.02 Å². The molecule has 1 fully saturated rings. The summed E-state index contributed by atoms with van der Waals surface area (Å²) in [6.45, 7) is -0.442. The summed E-state index contributed by atoms with van der Waals surface area (Å²) in [5.41, 5.74) is -2.60. The maximum absolute atomic E-state index is 13.9. The summed E-state index contributed by atoms with van der Waals surface area (Å²) in [5, 5.41) is 12.6. The number of nitrogens with zero attached hydrogens (tertiary/aromatic N) is 1. The van der Waals surface area contributed by atoms with Gasteiger partial charge in [-0.05, 0) is 18.2 Å². The molecule has 1 atom stereocenters. The van der Waals surface area contributed by atoms with Crippen molar-refractivity contribution >= 4 is 29.1 Å². The summed E-state index contributed by atoms with van der Waals surface area (Å²) in [7, 11) is 0. The van der Waals surface area contributed by atoms with Gasteiger partial charge in [-0.15, -0.1) is 0 Å². The van der Waals surface area contributed by atoms with Gasteiger partial charge in [0.1, 0.15) is 17.5 Å². The van der Waals surface area contributed by atoms with E-state index in [1.165, 1.54) is 18.2 Å². The van der Waals surface area contributed by atoms with Crippen LogP contribution in [0.4, 0.5) is 18.9 Å². The molecule has 2 amide bonds. The molecule has 0 bridgehead atoms. The van der Waals surface area contributed by atoms with E-state index >= 15 is 0 Å². The van der Waals surface area contributed by atoms with Crippen LogP contribution in [0.5, 0.6) is 0 Å². The summed E-state index contributed by atoms with van der Waals surface area (Å²) >= 11 is 5.66. The molecule has 0 aliphatic carbocycles. The Hall–Kier alpha value is -2.58. The van der Waals surface area contributed by atoms with Crippen molar-refractivity contribution in [2.45, 2.75) is 18.6 Å². The van der Waals surface area contributed by atoms with E-state index in [4.69, 9.17) is 11.6 Å². The third-order valence-electron chi connectivity index (χ3n) is 4.34. The molecule has 5 nitrogen and oxygen atoms in total. The van der Waals surface area contributed by atoms with Gasteiger partial charge in [0.15, 0.2) is 0 Å². The summed E-state index contributed by atoms with van der Waals surface area (Å²) in [6, 6.07) is 6.83. The minimum absolute atomic E-state index is 0.0753. The fourth-order valence-electron chi connectivity index (χ4n) is 2.85. The number of anilines is 1. The van der Waals surface area contributed by atoms with Gasteiger partial charge in [0.25, 0.3) is 11.8 Å². The molecule has 1 aliphatic rings. The Morgan fingerprint density at radius 2 is 2.00 bits per heavy atom. The number of nitrogens with one attached hydrogen (secondary N) is 1. The van der Waals surface area contributed by atoms with Gasteiger partial charge in [-0.25, -0.2) is 13.2 Å². The van der Waals surface area contributed by atoms with Gasteiger partial charge in [-0.3, -0.25) is 9.59 Å². The van der Waals surface area contributed by atoms with E-state index in [0.717, 1.165) is 17.0 Å². The van der Waals surface area contributed by atoms with Crippen LogP contribution in [-0.2, 0) is 16.1 Å². The average Bonchev–Trinajstić information content (AvgIpc) is 2.93. The first-order valence-corrected chi connectivity index (χ1v) is 8.32. The third kappa shape index (κ3) is 3.50. The van der Waals surface area contributed by atoms with Crippen molar-refractivity contribution in [2.24, 2.45) is 0 Å². The minimum atomic E-state index is -2.43. The lowest BCUT2D eigenvalue weighted by atomic mass is 10.0. The maximum Gasteiger partial charge on any atom is 0.268 e. The first kappa shape index (κ1) is 19.2. The van der Waals surface area contributed by atoms with Crippen LogP contribution in [0.25, 0.3) is 0 Å². The molecule has 0 saturated carbocycles. The van der Waals surface area contributed by atoms with Crippen molar-refractivity contribution in [3.05, 3.63) is 64.4 Å². The highest BCUT2D eigenvalue weighted by molar-refractivity contribution is 6.30. The Kier molecular flexibility index (Phi) is 5.12. The SMILES string of the molecule is O=C(NCc1cccc(Cl)c1F)[C@]1(O)CCN(c2ccc(F)cc2F)C1=O. The number of rotatable bonds is 4. The Morgan fingerprint density at radius 1 is 1.26 bits per heavy atom. The van der Waals surface area contributed by atoms with Crippen LogP contribution in [0.1, 0.15) is 12.0 Å². The zero-order valence-corrected chi connectivity index (χ0v) is 14.6. The number of hydrogen-bond acceptors (Lipinski definition) is 3. The highest BCUT2D eigenvalue weighted by Crippen LogP contribution is 2.31. The molecule has 2 N–H and O–H groups in total. The Bertz CT molecular complexity index is 925. The number of carbonyl (C=O) groups is 2. The lowest BCUT2D eigenvalue weighted by Crippen LogP contribution is -2.52. The molecule has 142 valence electrons. The largest absolute Gasteiger partial charge is 0.372 e. The molecule has 0 radical (unpaired) electrons. The lowest BCUT2D eigenvalue weighted by Gasteiger charge is -2.22. The van der Waals surface area contributed by atoms with E-state index in [1.807, 2.05) is 0 Å². The van der Waals surface area contributed by atoms with Crippen LogP contribution in [0.3, 0.4) is 0 Å². The predicted molar refractivity (Wildman–Crippen MR) is 91.5 cm³/mol. The molecule has 1 aliphatic heterocycles. The highest BCUT2D eigenvalue weighted by Gasteiger charge is 2.52. The molecule has 0 spiro atoms. The van der Waals surface area contributed by atoms with Crippen molar-refractivity contribution in [3.8, 4) is 0 Å². The molecule has 0 aromatic heterocycles. The summed E-state index contributed by atoms with van der Waals surface area (Å²) in [4.78, 5) is 25.7. The number of aliphatic hydroxyl groups is 1. The first-order chi connectivity index (χ1) is 12.7. The quantitative estimate of drug-likeness (QED) is 0.778. The second-order valence-corrected chi connectivity index (χ2v) is 6.47. The first-order valence-electron chi connectivity index (χ1n) is 7.94. The number of amides is 2. The van der Waals surface area contributed by atoms with Crippen molar-refractivity contribution in [2.75, 3.05) is 11.4 Å². The fraction of sp³-hybridized carbons (Fsp3) is 0.222. The van der Waals surface area contributed by atoms with Crippen molar-refractivity contribution in [3.63, 3.8) is 0 Å². The van der Waals surface area contributed by atoms with E-state index < -0.39 is 34.9 Å². The van der Waals surface area contributed by atoms with E-state index in [2.05, 4.69) is 5.32 Å². The Balaban J connectivity index is 1.75. The molecule has 9 heteroatoms. The van der Waals surface area contributed by atoms with Crippen molar-refractivity contribution in [1.29, 1.82) is 0 Å². The normalized spacial score (nSPS) is 19.4. The number of hydrogen-bond donors (Lipinski definition) is 2. The molecular weight excluding hydrogens is 385 g/mol. The van der Waals surface area contributed by atoms with E-state index in [0.29, 0.717) is 6.07 Å². The third-order valence-corrected chi connectivity index (χ3v) is 4.64. The monoisotopic (exact) mass is 398 g/mol. The van der Waals surface area contributed by atoms with Crippen LogP contribution in [-0.4, -0.2) is 29.1 Å². The highest BCUT2D eigenvalue weighted by atomic mass is 35.5. The van der Waals surface area contributed by atoms with Crippen LogP contribution in [0, 0.1) is 17.5 Å². The molecule has 2 aromatic rings. The maximum atomic E-state index is 13.9. The summed E-state index contributed by atoms with van der Waals surface area (Å²) < 4.78 is 40.8. The fourth-order valence-corrected chi connectivity index (χ4v) is 3.05. The topological polar surface area (TPSA) is 69.6 Å². The molecule has 1 saturated heterocycles. The van der Waals surface area contributed by atoms with Gasteiger partial charge in [-0.2, -0.15) is 0 Å². The number of benzene rings is 2. The Morgan fingerprint density at radius 3 is 2.70 bits per heavy atom. The zero-order valence-electron chi connectivity index (χ0n) is 13.8. The number of halogens is 4. The number of carbonyl (C=O) groups excluding carboxylic acids is 2. The summed E-state index contributed by atoms with van der Waals surface area (Å²) in [5.74, 6) is -4.62. The van der Waals surface area contributed by atoms with Gasteiger partial charge >= 0.3 is 0 Å². The molecule has 0 unspecified atom stereocenters. The van der Waals surface area contributed by atoms with Gasteiger partial charge in [0, 0.05) is 31.1 Å². The zero-order chi connectivity index (χ0) is 19.8. The van der Waals surface area contributed by atoms with Crippen LogP contribution >= 0.6 is 11.6 Å². The van der Waals surface area contributed by atoms with Crippen LogP contribution < -0.4 is 10.2 Å². The molecule has 27 heavy (non-hydrogen) atoms. The summed E-state index contributed by atoms with van der Waals surface area (Å²) in [6.07, 6.45) is -0.299. The van der Waals surface area contributed by atoms with Gasteiger partial charge in [-0.1, -0.05) is 23.7 Å².